The monoisotopic (exact) mass is 389 g/mol. The predicted molar refractivity (Wildman–Crippen MR) is 114 cm³/mol. The number of rotatable bonds is 6. The molecule has 0 saturated carbocycles. The molecule has 148 valence electrons. The molecule has 0 bridgehead atoms. The van der Waals surface area contributed by atoms with Crippen molar-refractivity contribution in [2.24, 2.45) is 0 Å². The zero-order valence-corrected chi connectivity index (χ0v) is 16.4. The van der Waals surface area contributed by atoms with Gasteiger partial charge in [0.2, 0.25) is 0 Å². The van der Waals surface area contributed by atoms with Crippen molar-refractivity contribution in [2.45, 2.75) is 13.8 Å². The Labute approximate surface area is 169 Å². The number of carbonyl (C=O) groups is 2. The number of pyridine rings is 2. The first-order chi connectivity index (χ1) is 14.0. The number of benzene rings is 1. The molecule has 2 heterocycles. The molecule has 0 radical (unpaired) electrons. The lowest BCUT2D eigenvalue weighted by Gasteiger charge is -2.20. The van der Waals surface area contributed by atoms with E-state index in [0.717, 1.165) is 0 Å². The predicted octanol–water partition coefficient (Wildman–Crippen LogP) is 3.46. The van der Waals surface area contributed by atoms with Gasteiger partial charge < -0.3 is 16.0 Å². The second-order valence-corrected chi connectivity index (χ2v) is 6.37. The molecule has 3 rings (SSSR count). The van der Waals surface area contributed by atoms with Gasteiger partial charge in [0.15, 0.2) is 0 Å². The average molecular weight is 389 g/mol. The highest BCUT2D eigenvalue weighted by Gasteiger charge is 2.19. The fourth-order valence-electron chi connectivity index (χ4n) is 3.04. The van der Waals surface area contributed by atoms with E-state index in [1.54, 1.807) is 47.8 Å². The van der Waals surface area contributed by atoms with Crippen molar-refractivity contribution >= 4 is 23.3 Å². The largest absolute Gasteiger partial charge is 0.383 e. The molecule has 0 aliphatic rings. The fraction of sp³-hybridized carbons (Fsp3) is 0.182. The van der Waals surface area contributed by atoms with Crippen LogP contribution < -0.4 is 11.1 Å². The molecule has 7 nitrogen and oxygen atoms in total. The van der Waals surface area contributed by atoms with Crippen molar-refractivity contribution in [1.29, 1.82) is 0 Å². The van der Waals surface area contributed by atoms with Gasteiger partial charge >= 0.3 is 0 Å². The minimum absolute atomic E-state index is 0.0646. The van der Waals surface area contributed by atoms with E-state index in [1.807, 2.05) is 32.0 Å². The molecule has 3 N–H and O–H groups in total. The Morgan fingerprint density at radius 2 is 1.72 bits per heavy atom. The molecule has 29 heavy (non-hydrogen) atoms. The highest BCUT2D eigenvalue weighted by molar-refractivity contribution is 6.08. The number of aromatic nitrogens is 2. The van der Waals surface area contributed by atoms with Gasteiger partial charge in [-0.25, -0.2) is 4.98 Å². The van der Waals surface area contributed by atoms with Crippen molar-refractivity contribution in [3.8, 4) is 11.1 Å². The summed E-state index contributed by atoms with van der Waals surface area (Å²) >= 11 is 0. The van der Waals surface area contributed by atoms with Gasteiger partial charge in [-0.2, -0.15) is 0 Å². The van der Waals surface area contributed by atoms with Crippen LogP contribution in [0.1, 0.15) is 34.6 Å². The Bertz CT molecular complexity index is 1020. The van der Waals surface area contributed by atoms with E-state index in [2.05, 4.69) is 15.3 Å². The minimum Gasteiger partial charge on any atom is -0.383 e. The van der Waals surface area contributed by atoms with Crippen LogP contribution in [0.3, 0.4) is 0 Å². The van der Waals surface area contributed by atoms with Crippen LogP contribution in [-0.2, 0) is 0 Å². The molecule has 0 fully saturated rings. The van der Waals surface area contributed by atoms with Crippen LogP contribution in [0.2, 0.25) is 0 Å². The number of nitrogens with zero attached hydrogens (tertiary/aromatic N) is 3. The normalized spacial score (nSPS) is 10.4. The van der Waals surface area contributed by atoms with E-state index >= 15 is 0 Å². The molecule has 2 aromatic heterocycles. The first kappa shape index (κ1) is 20.0. The van der Waals surface area contributed by atoms with Crippen LogP contribution in [0.4, 0.5) is 11.5 Å². The standard InChI is InChI=1S/C22H23N5O2/c1-3-27(4-2)22(29)18-8-6-5-7-17(18)15-13-19(20(23)25-14-15)21(28)26-16-9-11-24-12-10-16/h5-14H,3-4H2,1-2H3,(H2,23,25)(H,24,26,28). The number of carbonyl (C=O) groups excluding carboxylic acids is 2. The van der Waals surface area contributed by atoms with Crippen LogP contribution in [0.5, 0.6) is 0 Å². The fourth-order valence-corrected chi connectivity index (χ4v) is 3.04. The summed E-state index contributed by atoms with van der Waals surface area (Å²) in [4.78, 5) is 35.5. The molecule has 0 atom stereocenters. The molecule has 0 aliphatic heterocycles. The topological polar surface area (TPSA) is 101 Å². The zero-order chi connectivity index (χ0) is 20.8. The highest BCUT2D eigenvalue weighted by Crippen LogP contribution is 2.27. The number of nitrogens with one attached hydrogen (secondary N) is 1. The summed E-state index contributed by atoms with van der Waals surface area (Å²) in [6.07, 6.45) is 4.75. The third kappa shape index (κ3) is 4.40. The maximum absolute atomic E-state index is 12.9. The van der Waals surface area contributed by atoms with Crippen LogP contribution in [-0.4, -0.2) is 39.8 Å². The van der Waals surface area contributed by atoms with E-state index < -0.39 is 0 Å². The lowest BCUT2D eigenvalue weighted by atomic mass is 9.98. The molecule has 3 aromatic rings. The molecule has 0 aliphatic carbocycles. The lowest BCUT2D eigenvalue weighted by molar-refractivity contribution is 0.0773. The number of nitrogen functional groups attached to an aromatic ring is 1. The first-order valence-electron chi connectivity index (χ1n) is 9.40. The van der Waals surface area contributed by atoms with Crippen molar-refractivity contribution < 1.29 is 9.59 Å². The molecule has 2 amide bonds. The molecule has 1 aromatic carbocycles. The third-order valence-corrected chi connectivity index (χ3v) is 4.62. The number of hydrogen-bond donors (Lipinski definition) is 2. The summed E-state index contributed by atoms with van der Waals surface area (Å²) in [5, 5.41) is 2.78. The van der Waals surface area contributed by atoms with E-state index in [1.165, 1.54) is 0 Å². The summed E-state index contributed by atoms with van der Waals surface area (Å²) in [6.45, 7) is 5.11. The van der Waals surface area contributed by atoms with Crippen molar-refractivity contribution in [3.05, 3.63) is 72.2 Å². The maximum atomic E-state index is 12.9. The summed E-state index contributed by atoms with van der Waals surface area (Å²) in [7, 11) is 0. The molecule has 7 heteroatoms. The molecule has 0 spiro atoms. The molecular weight excluding hydrogens is 366 g/mol. The summed E-state index contributed by atoms with van der Waals surface area (Å²) in [6, 6.07) is 12.3. The van der Waals surface area contributed by atoms with E-state index in [-0.39, 0.29) is 23.2 Å². The Kier molecular flexibility index (Phi) is 6.19. The number of nitrogens with two attached hydrogens (primary N) is 1. The van der Waals surface area contributed by atoms with Gasteiger partial charge in [0, 0.05) is 48.5 Å². The summed E-state index contributed by atoms with van der Waals surface area (Å²) < 4.78 is 0. The van der Waals surface area contributed by atoms with E-state index in [4.69, 9.17) is 5.73 Å². The Morgan fingerprint density at radius 3 is 2.41 bits per heavy atom. The Morgan fingerprint density at radius 1 is 1.03 bits per heavy atom. The quantitative estimate of drug-likeness (QED) is 0.672. The second kappa shape index (κ2) is 8.97. The smallest absolute Gasteiger partial charge is 0.259 e. The minimum atomic E-state index is -0.379. The van der Waals surface area contributed by atoms with Crippen molar-refractivity contribution in [2.75, 3.05) is 24.1 Å². The number of amides is 2. The van der Waals surface area contributed by atoms with Crippen molar-refractivity contribution in [1.82, 2.24) is 14.9 Å². The summed E-state index contributed by atoms with van der Waals surface area (Å²) in [5.74, 6) is -0.325. The SMILES string of the molecule is CCN(CC)C(=O)c1ccccc1-c1cnc(N)c(C(=O)Nc2ccncc2)c1. The average Bonchev–Trinajstić information content (AvgIpc) is 2.75. The van der Waals surface area contributed by atoms with E-state index in [9.17, 15) is 9.59 Å². The van der Waals surface area contributed by atoms with Crippen LogP contribution in [0, 0.1) is 0 Å². The van der Waals surface area contributed by atoms with Crippen LogP contribution in [0.15, 0.2) is 61.1 Å². The maximum Gasteiger partial charge on any atom is 0.259 e. The third-order valence-electron chi connectivity index (χ3n) is 4.62. The van der Waals surface area contributed by atoms with Crippen LogP contribution in [0.25, 0.3) is 11.1 Å². The zero-order valence-electron chi connectivity index (χ0n) is 16.4. The first-order valence-corrected chi connectivity index (χ1v) is 9.40. The number of anilines is 2. The van der Waals surface area contributed by atoms with Gasteiger partial charge in [0.25, 0.3) is 11.8 Å². The molecule has 0 saturated heterocycles. The van der Waals surface area contributed by atoms with Gasteiger partial charge in [-0.05, 0) is 43.7 Å². The number of hydrogen-bond acceptors (Lipinski definition) is 5. The summed E-state index contributed by atoms with van der Waals surface area (Å²) in [5.41, 5.74) is 8.71. The van der Waals surface area contributed by atoms with Gasteiger partial charge in [-0.1, -0.05) is 18.2 Å². The van der Waals surface area contributed by atoms with Gasteiger partial charge in [0.05, 0.1) is 5.56 Å². The lowest BCUT2D eigenvalue weighted by Crippen LogP contribution is -2.30. The van der Waals surface area contributed by atoms with Gasteiger partial charge in [-0.15, -0.1) is 0 Å². The molecular formula is C22H23N5O2. The Hall–Kier alpha value is -3.74. The van der Waals surface area contributed by atoms with Crippen molar-refractivity contribution in [3.63, 3.8) is 0 Å². The highest BCUT2D eigenvalue weighted by atomic mass is 16.2. The van der Waals surface area contributed by atoms with Gasteiger partial charge in [-0.3, -0.25) is 14.6 Å². The second-order valence-electron chi connectivity index (χ2n) is 6.37. The molecule has 0 unspecified atom stereocenters. The van der Waals surface area contributed by atoms with Gasteiger partial charge in [0.1, 0.15) is 5.82 Å². The Balaban J connectivity index is 1.98. The van der Waals surface area contributed by atoms with Crippen LogP contribution >= 0.6 is 0 Å². The van der Waals surface area contributed by atoms with E-state index in [0.29, 0.717) is 35.5 Å².